The Hall–Kier alpha value is -2.23. The second kappa shape index (κ2) is 6.80. The van der Waals surface area contributed by atoms with Crippen LogP contribution < -0.4 is 15.4 Å². The minimum atomic E-state index is 0.629. The van der Waals surface area contributed by atoms with Crippen molar-refractivity contribution in [1.29, 1.82) is 0 Å². The third kappa shape index (κ3) is 3.20. The molecule has 0 aliphatic carbocycles. The standard InChI is InChI=1S/C16H21N3O/c1-3-19(12-13-8-5-6-9-14(13)17)16-15(20-4-2)10-7-11-18-16/h5-11H,3-4,12,17H2,1-2H3. The minimum absolute atomic E-state index is 0.629. The number of hydrogen-bond acceptors (Lipinski definition) is 4. The Bertz CT molecular complexity index is 557. The number of anilines is 2. The minimum Gasteiger partial charge on any atom is -0.490 e. The predicted molar refractivity (Wildman–Crippen MR) is 83.0 cm³/mol. The summed E-state index contributed by atoms with van der Waals surface area (Å²) in [6.45, 7) is 6.27. The highest BCUT2D eigenvalue weighted by Crippen LogP contribution is 2.27. The first-order valence-electron chi connectivity index (χ1n) is 6.92. The monoisotopic (exact) mass is 271 g/mol. The van der Waals surface area contributed by atoms with Crippen molar-refractivity contribution in [1.82, 2.24) is 4.98 Å². The molecule has 0 atom stereocenters. The number of nitrogens with two attached hydrogens (primary N) is 1. The number of rotatable bonds is 6. The Labute approximate surface area is 120 Å². The molecule has 4 nitrogen and oxygen atoms in total. The van der Waals surface area contributed by atoms with E-state index in [-0.39, 0.29) is 0 Å². The van der Waals surface area contributed by atoms with Gasteiger partial charge in [-0.2, -0.15) is 0 Å². The van der Waals surface area contributed by atoms with E-state index >= 15 is 0 Å². The van der Waals surface area contributed by atoms with Gasteiger partial charge < -0.3 is 15.4 Å². The van der Waals surface area contributed by atoms with Crippen LogP contribution in [-0.2, 0) is 6.54 Å². The van der Waals surface area contributed by atoms with E-state index in [9.17, 15) is 0 Å². The molecule has 1 aromatic carbocycles. The number of hydrogen-bond donors (Lipinski definition) is 1. The molecule has 0 saturated heterocycles. The highest BCUT2D eigenvalue weighted by molar-refractivity contribution is 5.55. The van der Waals surface area contributed by atoms with Crippen LogP contribution in [0.5, 0.6) is 5.75 Å². The number of ether oxygens (including phenoxy) is 1. The van der Waals surface area contributed by atoms with Crippen LogP contribution in [0.2, 0.25) is 0 Å². The fourth-order valence-electron chi connectivity index (χ4n) is 2.11. The summed E-state index contributed by atoms with van der Waals surface area (Å²) in [4.78, 5) is 6.62. The summed E-state index contributed by atoms with van der Waals surface area (Å²) in [6, 6.07) is 11.7. The van der Waals surface area contributed by atoms with Crippen LogP contribution in [0, 0.1) is 0 Å². The van der Waals surface area contributed by atoms with Crippen molar-refractivity contribution >= 4 is 11.5 Å². The van der Waals surface area contributed by atoms with Crippen molar-refractivity contribution in [2.24, 2.45) is 0 Å². The molecule has 4 heteroatoms. The van der Waals surface area contributed by atoms with Gasteiger partial charge in [-0.05, 0) is 37.6 Å². The van der Waals surface area contributed by atoms with E-state index in [0.29, 0.717) is 6.61 Å². The first kappa shape index (κ1) is 14.2. The molecule has 0 aliphatic heterocycles. The van der Waals surface area contributed by atoms with Crippen LogP contribution in [0.3, 0.4) is 0 Å². The SMILES string of the molecule is CCOc1cccnc1N(CC)Cc1ccccc1N. The maximum atomic E-state index is 6.02. The second-order valence-electron chi connectivity index (χ2n) is 4.47. The van der Waals surface area contributed by atoms with Crippen molar-refractivity contribution < 1.29 is 4.74 Å². The lowest BCUT2D eigenvalue weighted by atomic mass is 10.1. The summed E-state index contributed by atoms with van der Waals surface area (Å²) < 4.78 is 5.65. The lowest BCUT2D eigenvalue weighted by molar-refractivity contribution is 0.339. The number of nitrogens with zero attached hydrogens (tertiary/aromatic N) is 2. The molecule has 0 saturated carbocycles. The quantitative estimate of drug-likeness (QED) is 0.820. The maximum absolute atomic E-state index is 6.02. The molecule has 106 valence electrons. The Morgan fingerprint density at radius 3 is 2.65 bits per heavy atom. The first-order chi connectivity index (χ1) is 9.76. The van der Waals surface area contributed by atoms with Gasteiger partial charge in [0.2, 0.25) is 0 Å². The van der Waals surface area contributed by atoms with Gasteiger partial charge in [-0.15, -0.1) is 0 Å². The van der Waals surface area contributed by atoms with E-state index in [2.05, 4.69) is 16.8 Å². The lowest BCUT2D eigenvalue weighted by Gasteiger charge is -2.24. The van der Waals surface area contributed by atoms with Crippen molar-refractivity contribution in [3.63, 3.8) is 0 Å². The average Bonchev–Trinajstić information content (AvgIpc) is 2.48. The molecule has 0 aliphatic rings. The Kier molecular flexibility index (Phi) is 4.82. The third-order valence-corrected chi connectivity index (χ3v) is 3.15. The first-order valence-corrected chi connectivity index (χ1v) is 6.92. The van der Waals surface area contributed by atoms with Crippen LogP contribution in [-0.4, -0.2) is 18.1 Å². The Balaban J connectivity index is 2.27. The molecule has 2 aromatic rings. The van der Waals surface area contributed by atoms with E-state index in [1.807, 2.05) is 43.3 Å². The smallest absolute Gasteiger partial charge is 0.171 e. The Morgan fingerprint density at radius 1 is 1.15 bits per heavy atom. The van der Waals surface area contributed by atoms with Crippen LogP contribution >= 0.6 is 0 Å². The van der Waals surface area contributed by atoms with Gasteiger partial charge in [0.25, 0.3) is 0 Å². The van der Waals surface area contributed by atoms with E-state index in [4.69, 9.17) is 10.5 Å². The van der Waals surface area contributed by atoms with Gasteiger partial charge in [0.15, 0.2) is 11.6 Å². The fourth-order valence-corrected chi connectivity index (χ4v) is 2.11. The van der Waals surface area contributed by atoms with Gasteiger partial charge >= 0.3 is 0 Å². The molecule has 20 heavy (non-hydrogen) atoms. The summed E-state index contributed by atoms with van der Waals surface area (Å²) in [6.07, 6.45) is 1.79. The number of benzene rings is 1. The molecule has 0 spiro atoms. The molecule has 2 rings (SSSR count). The van der Waals surface area contributed by atoms with E-state index < -0.39 is 0 Å². The van der Waals surface area contributed by atoms with E-state index in [1.54, 1.807) is 6.20 Å². The molecule has 0 amide bonds. The molecular weight excluding hydrogens is 250 g/mol. The van der Waals surface area contributed by atoms with Crippen LogP contribution in [0.1, 0.15) is 19.4 Å². The zero-order valence-corrected chi connectivity index (χ0v) is 12.0. The van der Waals surface area contributed by atoms with Gasteiger partial charge in [-0.3, -0.25) is 0 Å². The summed E-state index contributed by atoms with van der Waals surface area (Å²) in [7, 11) is 0. The molecular formula is C16H21N3O. The summed E-state index contributed by atoms with van der Waals surface area (Å²) >= 11 is 0. The van der Waals surface area contributed by atoms with Crippen LogP contribution in [0.25, 0.3) is 0 Å². The van der Waals surface area contributed by atoms with Crippen molar-refractivity contribution in [2.75, 3.05) is 23.8 Å². The second-order valence-corrected chi connectivity index (χ2v) is 4.47. The molecule has 0 bridgehead atoms. The topological polar surface area (TPSA) is 51.4 Å². The number of aromatic nitrogens is 1. The highest BCUT2D eigenvalue weighted by Gasteiger charge is 2.13. The zero-order chi connectivity index (χ0) is 14.4. The fraction of sp³-hybridized carbons (Fsp3) is 0.312. The molecule has 0 fully saturated rings. The average molecular weight is 271 g/mol. The normalized spacial score (nSPS) is 10.3. The highest BCUT2D eigenvalue weighted by atomic mass is 16.5. The number of para-hydroxylation sites is 1. The van der Waals surface area contributed by atoms with Gasteiger partial charge in [0.05, 0.1) is 6.61 Å². The lowest BCUT2D eigenvalue weighted by Crippen LogP contribution is -2.24. The summed E-state index contributed by atoms with van der Waals surface area (Å²) in [5.74, 6) is 1.67. The predicted octanol–water partition coefficient (Wildman–Crippen LogP) is 3.09. The molecule has 0 radical (unpaired) electrons. The maximum Gasteiger partial charge on any atom is 0.171 e. The third-order valence-electron chi connectivity index (χ3n) is 3.15. The van der Waals surface area contributed by atoms with Crippen molar-refractivity contribution in [3.05, 3.63) is 48.2 Å². The summed E-state index contributed by atoms with van der Waals surface area (Å²) in [5.41, 5.74) is 7.92. The van der Waals surface area contributed by atoms with E-state index in [1.165, 1.54) is 0 Å². The number of pyridine rings is 1. The van der Waals surface area contributed by atoms with E-state index in [0.717, 1.165) is 35.9 Å². The van der Waals surface area contributed by atoms with Crippen molar-refractivity contribution in [3.8, 4) is 5.75 Å². The van der Waals surface area contributed by atoms with Crippen LogP contribution in [0.15, 0.2) is 42.6 Å². The van der Waals surface area contributed by atoms with Gasteiger partial charge in [-0.25, -0.2) is 4.98 Å². The van der Waals surface area contributed by atoms with Crippen LogP contribution in [0.4, 0.5) is 11.5 Å². The zero-order valence-electron chi connectivity index (χ0n) is 12.0. The Morgan fingerprint density at radius 2 is 1.95 bits per heavy atom. The molecule has 2 N–H and O–H groups in total. The molecule has 0 unspecified atom stereocenters. The largest absolute Gasteiger partial charge is 0.490 e. The van der Waals surface area contributed by atoms with Crippen molar-refractivity contribution in [2.45, 2.75) is 20.4 Å². The molecule has 1 aromatic heterocycles. The molecule has 1 heterocycles. The van der Waals surface area contributed by atoms with Gasteiger partial charge in [0, 0.05) is 25.0 Å². The number of nitrogen functional groups attached to an aromatic ring is 1. The van der Waals surface area contributed by atoms with Gasteiger partial charge in [-0.1, -0.05) is 18.2 Å². The summed E-state index contributed by atoms with van der Waals surface area (Å²) in [5, 5.41) is 0. The van der Waals surface area contributed by atoms with Gasteiger partial charge in [0.1, 0.15) is 0 Å².